The molecule has 0 saturated carbocycles. The van der Waals surface area contributed by atoms with E-state index in [0.29, 0.717) is 6.07 Å². The minimum absolute atomic E-state index is 0.113. The number of anilines is 2. The minimum Gasteiger partial charge on any atom is -0.384 e. The van der Waals surface area contributed by atoms with Crippen LogP contribution in [-0.4, -0.2) is 10.9 Å². The van der Waals surface area contributed by atoms with Crippen LogP contribution in [0.3, 0.4) is 0 Å². The SMILES string of the molecule is Nc1ccc(C(=O)Nc2c(F)cc(F)cc2Br)cn1. The van der Waals surface area contributed by atoms with Crippen molar-refractivity contribution < 1.29 is 13.6 Å². The predicted molar refractivity (Wildman–Crippen MR) is 70.7 cm³/mol. The van der Waals surface area contributed by atoms with Gasteiger partial charge in [0.15, 0.2) is 5.82 Å². The highest BCUT2D eigenvalue weighted by Gasteiger charge is 2.14. The van der Waals surface area contributed by atoms with Crippen LogP contribution >= 0.6 is 15.9 Å². The summed E-state index contributed by atoms with van der Waals surface area (Å²) in [4.78, 5) is 15.6. The summed E-state index contributed by atoms with van der Waals surface area (Å²) in [6.45, 7) is 0. The fourth-order valence-corrected chi connectivity index (χ4v) is 1.89. The van der Waals surface area contributed by atoms with Gasteiger partial charge in [-0.1, -0.05) is 0 Å². The number of benzene rings is 1. The second-order valence-corrected chi connectivity index (χ2v) is 4.52. The van der Waals surface area contributed by atoms with Crippen molar-refractivity contribution in [1.82, 2.24) is 4.98 Å². The van der Waals surface area contributed by atoms with Gasteiger partial charge >= 0.3 is 0 Å². The van der Waals surface area contributed by atoms with Gasteiger partial charge in [0.1, 0.15) is 11.6 Å². The molecular formula is C12H8BrF2N3O. The normalized spacial score (nSPS) is 10.3. The molecule has 1 heterocycles. The van der Waals surface area contributed by atoms with Crippen molar-refractivity contribution in [3.63, 3.8) is 0 Å². The summed E-state index contributed by atoms with van der Waals surface area (Å²) in [6.07, 6.45) is 1.26. The van der Waals surface area contributed by atoms with Crippen molar-refractivity contribution in [2.24, 2.45) is 0 Å². The molecule has 0 atom stereocenters. The number of carbonyl (C=O) groups is 1. The molecule has 0 fully saturated rings. The number of nitrogens with one attached hydrogen (secondary N) is 1. The lowest BCUT2D eigenvalue weighted by Gasteiger charge is -2.08. The molecule has 7 heteroatoms. The van der Waals surface area contributed by atoms with E-state index in [1.54, 1.807) is 0 Å². The molecule has 0 aliphatic carbocycles. The van der Waals surface area contributed by atoms with Crippen molar-refractivity contribution >= 4 is 33.3 Å². The quantitative estimate of drug-likeness (QED) is 0.891. The standard InChI is InChI=1S/C12H8BrF2N3O/c13-8-3-7(14)4-9(15)11(8)18-12(19)6-1-2-10(16)17-5-6/h1-5H,(H2,16,17)(H,18,19). The van der Waals surface area contributed by atoms with Crippen molar-refractivity contribution in [2.75, 3.05) is 11.1 Å². The Balaban J connectivity index is 2.26. The fourth-order valence-electron chi connectivity index (χ4n) is 1.39. The summed E-state index contributed by atoms with van der Waals surface area (Å²) in [7, 11) is 0. The number of nitrogens with zero attached hydrogens (tertiary/aromatic N) is 1. The molecule has 19 heavy (non-hydrogen) atoms. The number of halogens is 3. The van der Waals surface area contributed by atoms with Crippen LogP contribution in [-0.2, 0) is 0 Å². The largest absolute Gasteiger partial charge is 0.384 e. The number of aromatic nitrogens is 1. The minimum atomic E-state index is -0.872. The number of nitrogen functional groups attached to an aromatic ring is 1. The molecule has 3 N–H and O–H groups in total. The highest BCUT2D eigenvalue weighted by Crippen LogP contribution is 2.27. The fraction of sp³-hybridized carbons (Fsp3) is 0. The molecule has 0 saturated heterocycles. The smallest absolute Gasteiger partial charge is 0.257 e. The highest BCUT2D eigenvalue weighted by atomic mass is 79.9. The number of rotatable bonds is 2. The lowest BCUT2D eigenvalue weighted by atomic mass is 10.2. The van der Waals surface area contributed by atoms with Crippen molar-refractivity contribution in [3.05, 3.63) is 52.1 Å². The molecular weight excluding hydrogens is 320 g/mol. The number of pyridine rings is 1. The lowest BCUT2D eigenvalue weighted by molar-refractivity contribution is 0.102. The van der Waals surface area contributed by atoms with Gasteiger partial charge in [-0.25, -0.2) is 13.8 Å². The molecule has 0 unspecified atom stereocenters. The highest BCUT2D eigenvalue weighted by molar-refractivity contribution is 9.10. The van der Waals surface area contributed by atoms with Crippen LogP contribution in [0, 0.1) is 11.6 Å². The summed E-state index contributed by atoms with van der Waals surface area (Å²) < 4.78 is 26.6. The molecule has 0 aliphatic rings. The summed E-state index contributed by atoms with van der Waals surface area (Å²) in [5.41, 5.74) is 5.47. The Labute approximate surface area is 115 Å². The van der Waals surface area contributed by atoms with Crippen molar-refractivity contribution in [2.45, 2.75) is 0 Å². The van der Waals surface area contributed by atoms with E-state index >= 15 is 0 Å². The third-order valence-electron chi connectivity index (χ3n) is 2.29. The maximum atomic E-state index is 13.5. The summed E-state index contributed by atoms with van der Waals surface area (Å²) in [5.74, 6) is -1.91. The molecule has 0 aliphatic heterocycles. The number of hydrogen-bond donors (Lipinski definition) is 2. The third-order valence-corrected chi connectivity index (χ3v) is 2.92. The molecule has 2 rings (SSSR count). The van der Waals surface area contributed by atoms with E-state index in [4.69, 9.17) is 5.73 Å². The number of nitrogens with two attached hydrogens (primary N) is 1. The van der Waals surface area contributed by atoms with Gasteiger partial charge in [-0.2, -0.15) is 0 Å². The van der Waals surface area contributed by atoms with Gasteiger partial charge in [0.2, 0.25) is 0 Å². The Kier molecular flexibility index (Phi) is 3.75. The molecule has 4 nitrogen and oxygen atoms in total. The molecule has 0 spiro atoms. The average Bonchev–Trinajstić information content (AvgIpc) is 2.34. The van der Waals surface area contributed by atoms with Crippen LogP contribution < -0.4 is 11.1 Å². The maximum Gasteiger partial charge on any atom is 0.257 e. The maximum absolute atomic E-state index is 13.5. The monoisotopic (exact) mass is 327 g/mol. The molecule has 0 bridgehead atoms. The van der Waals surface area contributed by atoms with Crippen LogP contribution in [0.4, 0.5) is 20.3 Å². The first-order chi connectivity index (χ1) is 8.97. The van der Waals surface area contributed by atoms with E-state index in [9.17, 15) is 13.6 Å². The van der Waals surface area contributed by atoms with Gasteiger partial charge in [0.05, 0.1) is 11.3 Å². The van der Waals surface area contributed by atoms with Crippen LogP contribution in [0.1, 0.15) is 10.4 Å². The third kappa shape index (κ3) is 3.05. The molecule has 0 radical (unpaired) electrons. The molecule has 1 aromatic heterocycles. The second kappa shape index (κ2) is 5.31. The van der Waals surface area contributed by atoms with Gasteiger partial charge in [-0.3, -0.25) is 4.79 Å². The topological polar surface area (TPSA) is 68.0 Å². The van der Waals surface area contributed by atoms with Gasteiger partial charge in [-0.05, 0) is 34.1 Å². The van der Waals surface area contributed by atoms with Crippen LogP contribution in [0.25, 0.3) is 0 Å². The van der Waals surface area contributed by atoms with Crippen LogP contribution in [0.5, 0.6) is 0 Å². The Morgan fingerprint density at radius 3 is 2.63 bits per heavy atom. The zero-order valence-corrected chi connectivity index (χ0v) is 11.0. The Morgan fingerprint density at radius 2 is 2.05 bits per heavy atom. The van der Waals surface area contributed by atoms with Crippen LogP contribution in [0.2, 0.25) is 0 Å². The van der Waals surface area contributed by atoms with E-state index in [1.807, 2.05) is 0 Å². The molecule has 1 amide bonds. The van der Waals surface area contributed by atoms with E-state index in [2.05, 4.69) is 26.2 Å². The van der Waals surface area contributed by atoms with E-state index in [1.165, 1.54) is 18.3 Å². The van der Waals surface area contributed by atoms with E-state index in [0.717, 1.165) is 6.07 Å². The van der Waals surface area contributed by atoms with Gasteiger partial charge in [-0.15, -0.1) is 0 Å². The Bertz CT molecular complexity index is 608. The number of carbonyl (C=O) groups excluding carboxylic acids is 1. The second-order valence-electron chi connectivity index (χ2n) is 3.67. The van der Waals surface area contributed by atoms with Crippen LogP contribution in [0.15, 0.2) is 34.9 Å². The summed E-state index contributed by atoms with van der Waals surface area (Å²) in [6, 6.07) is 4.64. The van der Waals surface area contributed by atoms with Crippen molar-refractivity contribution in [1.29, 1.82) is 0 Å². The van der Waals surface area contributed by atoms with Gasteiger partial charge in [0, 0.05) is 16.7 Å². The van der Waals surface area contributed by atoms with Gasteiger partial charge in [0.25, 0.3) is 5.91 Å². The lowest BCUT2D eigenvalue weighted by Crippen LogP contribution is -2.14. The first-order valence-corrected chi connectivity index (χ1v) is 5.94. The predicted octanol–water partition coefficient (Wildman–Crippen LogP) is 2.96. The summed E-state index contributed by atoms with van der Waals surface area (Å²) in [5, 5.41) is 2.33. The Hall–Kier alpha value is -2.02. The number of hydrogen-bond acceptors (Lipinski definition) is 3. The zero-order chi connectivity index (χ0) is 14.0. The summed E-state index contributed by atoms with van der Waals surface area (Å²) >= 11 is 2.98. The van der Waals surface area contributed by atoms with E-state index < -0.39 is 17.5 Å². The average molecular weight is 328 g/mol. The van der Waals surface area contributed by atoms with E-state index in [-0.39, 0.29) is 21.5 Å². The molecule has 98 valence electrons. The zero-order valence-electron chi connectivity index (χ0n) is 9.45. The van der Waals surface area contributed by atoms with Crippen molar-refractivity contribution in [3.8, 4) is 0 Å². The number of amides is 1. The Morgan fingerprint density at radius 1 is 1.32 bits per heavy atom. The van der Waals surface area contributed by atoms with Gasteiger partial charge < -0.3 is 11.1 Å². The molecule has 2 aromatic rings. The first-order valence-electron chi connectivity index (χ1n) is 5.15. The first kappa shape index (κ1) is 13.4. The molecule has 1 aromatic carbocycles.